The highest BCUT2D eigenvalue weighted by Crippen LogP contribution is 2.43. The molecule has 0 radical (unpaired) electrons. The van der Waals surface area contributed by atoms with Gasteiger partial charge < -0.3 is 20.1 Å². The quantitative estimate of drug-likeness (QED) is 0.0264. The van der Waals surface area contributed by atoms with Gasteiger partial charge in [-0.25, -0.2) is 4.57 Å². The van der Waals surface area contributed by atoms with Gasteiger partial charge in [-0.15, -0.1) is 0 Å². The monoisotopic (exact) mass is 1060 g/mol. The van der Waals surface area contributed by atoms with Gasteiger partial charge in [0.15, 0.2) is 6.10 Å². The summed E-state index contributed by atoms with van der Waals surface area (Å²) in [6.45, 7) is 3.56. The number of hydrogen-bond acceptors (Lipinski definition) is 8. The summed E-state index contributed by atoms with van der Waals surface area (Å²) in [5.74, 6) is -0.889. The molecule has 0 aromatic carbocycles. The number of phosphoric acid groups is 1. The van der Waals surface area contributed by atoms with E-state index in [1.165, 1.54) is 96.3 Å². The molecule has 0 bridgehead atoms. The predicted molar refractivity (Wildman–Crippen MR) is 320 cm³/mol. The Morgan fingerprint density at radius 1 is 0.413 bits per heavy atom. The Hall–Kier alpha value is -3.85. The van der Waals surface area contributed by atoms with E-state index in [0.29, 0.717) is 6.42 Å². The van der Waals surface area contributed by atoms with Crippen LogP contribution in [-0.2, 0) is 32.7 Å². The van der Waals surface area contributed by atoms with Gasteiger partial charge in [0, 0.05) is 19.4 Å². The number of ether oxygens (including phenoxy) is 2. The van der Waals surface area contributed by atoms with E-state index in [4.69, 9.17) is 24.3 Å². The Bertz CT molecular complexity index is 1680. The number of unbranched alkanes of at least 4 members (excludes halogenated alkanes) is 19. The molecule has 9 nitrogen and oxygen atoms in total. The summed E-state index contributed by atoms with van der Waals surface area (Å²) in [4.78, 5) is 35.2. The number of esters is 2. The zero-order valence-electron chi connectivity index (χ0n) is 47.5. The van der Waals surface area contributed by atoms with Crippen molar-refractivity contribution in [3.8, 4) is 0 Å². The largest absolute Gasteiger partial charge is 0.472 e. The molecule has 2 atom stereocenters. The SMILES string of the molecule is CC/C=C\C/C=C\C/C=C\C/C=C\C/C=C\C/C=C\C/C=C\C/C=C\CCCCC(=O)OC(COC(=O)CCCCCCCCCCCCCC/C=C\C/C=C\C/C=C\CCCCCCC)COP(=O)(O)OCCN. The van der Waals surface area contributed by atoms with Crippen molar-refractivity contribution in [3.05, 3.63) is 134 Å². The molecule has 0 aliphatic rings. The maximum Gasteiger partial charge on any atom is 0.472 e. The number of nitrogens with two attached hydrogens (primary N) is 1. The van der Waals surface area contributed by atoms with Crippen LogP contribution in [0.2, 0.25) is 0 Å². The van der Waals surface area contributed by atoms with Crippen LogP contribution in [0.1, 0.15) is 232 Å². The number of carbonyl (C=O) groups excluding carboxylic acids is 2. The highest BCUT2D eigenvalue weighted by Gasteiger charge is 2.26. The number of hydrogen-bond donors (Lipinski definition) is 2. The van der Waals surface area contributed by atoms with Crippen LogP contribution in [0.15, 0.2) is 134 Å². The molecule has 2 unspecified atom stereocenters. The van der Waals surface area contributed by atoms with Crippen molar-refractivity contribution >= 4 is 19.8 Å². The molecule has 3 N–H and O–H groups in total. The molecule has 0 aliphatic carbocycles. The average Bonchev–Trinajstić information content (AvgIpc) is 3.40. The van der Waals surface area contributed by atoms with Gasteiger partial charge in [0.05, 0.1) is 13.2 Å². The maximum absolute atomic E-state index is 12.7. The second-order valence-electron chi connectivity index (χ2n) is 19.1. The topological polar surface area (TPSA) is 134 Å². The molecule has 0 aromatic heterocycles. The Morgan fingerprint density at radius 3 is 1.12 bits per heavy atom. The van der Waals surface area contributed by atoms with Gasteiger partial charge in [0.2, 0.25) is 0 Å². The first-order valence-electron chi connectivity index (χ1n) is 29.7. The summed E-state index contributed by atoms with van der Waals surface area (Å²) in [5.41, 5.74) is 5.38. The van der Waals surface area contributed by atoms with Crippen molar-refractivity contribution in [2.75, 3.05) is 26.4 Å². The van der Waals surface area contributed by atoms with E-state index < -0.39 is 32.5 Å². The second kappa shape index (κ2) is 59.4. The van der Waals surface area contributed by atoms with Crippen LogP contribution in [-0.4, -0.2) is 49.3 Å². The Morgan fingerprint density at radius 2 is 0.733 bits per heavy atom. The number of carbonyl (C=O) groups is 2. The molecule has 426 valence electrons. The standard InChI is InChI=1S/C65H108NO8P/c1-3-5-7-9-11-13-15-17-19-21-23-25-27-29-31-33-35-37-39-41-43-45-47-49-51-53-55-57-64(67)71-61-63(62-73-75(69,70)72-60-59-66)74-65(68)58-56-54-52-50-48-46-44-42-40-38-36-34-32-30-28-26-24-22-20-18-16-14-12-10-8-6-4-2/h6,8,12,14-15,17-18,20-21,23-24,26-27,29-30,32,36,38,42,44,48,50,63H,3-5,7,9-11,13,16,19,22,25,28,31,33-35,37,39-41,43,45-47,49,51-62,66H2,1-2H3,(H,69,70)/b8-6-,14-12-,17-15-,20-18-,23-21-,26-24-,29-27-,32-30-,38-36-,44-42-,50-48-. The van der Waals surface area contributed by atoms with Crippen LogP contribution in [0.4, 0.5) is 0 Å². The van der Waals surface area contributed by atoms with Gasteiger partial charge in [-0.2, -0.15) is 0 Å². The number of phosphoric ester groups is 1. The lowest BCUT2D eigenvalue weighted by Crippen LogP contribution is -2.29. The van der Waals surface area contributed by atoms with Crippen molar-refractivity contribution in [1.82, 2.24) is 0 Å². The first-order chi connectivity index (χ1) is 36.8. The molecule has 0 saturated heterocycles. The molecule has 0 aromatic rings. The third-order valence-corrected chi connectivity index (χ3v) is 13.0. The summed E-state index contributed by atoms with van der Waals surface area (Å²) in [5, 5.41) is 0. The Kier molecular flexibility index (Phi) is 56.3. The molecule has 0 saturated carbocycles. The lowest BCUT2D eigenvalue weighted by atomic mass is 10.0. The fourth-order valence-electron chi connectivity index (χ4n) is 7.66. The van der Waals surface area contributed by atoms with Gasteiger partial charge in [-0.3, -0.25) is 18.6 Å². The van der Waals surface area contributed by atoms with E-state index >= 15 is 0 Å². The van der Waals surface area contributed by atoms with Crippen LogP contribution in [0.25, 0.3) is 0 Å². The van der Waals surface area contributed by atoms with E-state index in [9.17, 15) is 19.0 Å². The second-order valence-corrected chi connectivity index (χ2v) is 20.6. The molecular weight excluding hydrogens is 954 g/mol. The van der Waals surface area contributed by atoms with E-state index in [0.717, 1.165) is 103 Å². The van der Waals surface area contributed by atoms with Gasteiger partial charge in [-0.1, -0.05) is 237 Å². The molecule has 0 spiro atoms. The predicted octanol–water partition coefficient (Wildman–Crippen LogP) is 19.0. The highest BCUT2D eigenvalue weighted by atomic mass is 31.2. The smallest absolute Gasteiger partial charge is 0.462 e. The first-order valence-corrected chi connectivity index (χ1v) is 31.2. The van der Waals surface area contributed by atoms with Crippen LogP contribution in [0.3, 0.4) is 0 Å². The van der Waals surface area contributed by atoms with Crippen LogP contribution in [0.5, 0.6) is 0 Å². The molecule has 0 amide bonds. The average molecular weight is 1060 g/mol. The van der Waals surface area contributed by atoms with Crippen LogP contribution < -0.4 is 5.73 Å². The van der Waals surface area contributed by atoms with E-state index in [1.807, 2.05) is 0 Å². The van der Waals surface area contributed by atoms with Gasteiger partial charge in [-0.05, 0) is 116 Å². The normalized spacial score (nSPS) is 14.0. The summed E-state index contributed by atoms with van der Waals surface area (Å²) >= 11 is 0. The lowest BCUT2D eigenvalue weighted by molar-refractivity contribution is -0.161. The Labute approximate surface area is 459 Å². The third kappa shape index (κ3) is 59.3. The summed E-state index contributed by atoms with van der Waals surface area (Å²) in [6.07, 6.45) is 83.6. The molecular formula is C65H108NO8P. The zero-order valence-corrected chi connectivity index (χ0v) is 48.4. The van der Waals surface area contributed by atoms with E-state index in [-0.39, 0.29) is 32.6 Å². The summed E-state index contributed by atoms with van der Waals surface area (Å²) in [6, 6.07) is 0. The minimum Gasteiger partial charge on any atom is -0.462 e. The summed E-state index contributed by atoms with van der Waals surface area (Å²) in [7, 11) is -4.41. The Balaban J connectivity index is 4.10. The van der Waals surface area contributed by atoms with Crippen LogP contribution >= 0.6 is 7.82 Å². The van der Waals surface area contributed by atoms with E-state index in [1.54, 1.807) is 0 Å². The minimum absolute atomic E-state index is 0.0384. The number of allylic oxidation sites excluding steroid dienone is 22. The van der Waals surface area contributed by atoms with Crippen molar-refractivity contribution in [1.29, 1.82) is 0 Å². The van der Waals surface area contributed by atoms with Crippen molar-refractivity contribution in [2.45, 2.75) is 238 Å². The molecule has 75 heavy (non-hydrogen) atoms. The first kappa shape index (κ1) is 71.2. The van der Waals surface area contributed by atoms with Crippen molar-refractivity contribution in [2.24, 2.45) is 5.73 Å². The fourth-order valence-corrected chi connectivity index (χ4v) is 8.42. The fraction of sp³-hybridized carbons (Fsp3) is 0.631. The molecule has 0 rings (SSSR count). The molecule has 0 aliphatic heterocycles. The zero-order chi connectivity index (χ0) is 54.5. The minimum atomic E-state index is -4.41. The molecule has 10 heteroatoms. The van der Waals surface area contributed by atoms with Gasteiger partial charge in [0.1, 0.15) is 6.61 Å². The molecule has 0 fully saturated rings. The van der Waals surface area contributed by atoms with Crippen molar-refractivity contribution in [3.63, 3.8) is 0 Å². The lowest BCUT2D eigenvalue weighted by Gasteiger charge is -2.19. The van der Waals surface area contributed by atoms with Gasteiger partial charge in [0.25, 0.3) is 0 Å². The number of rotatable bonds is 54. The van der Waals surface area contributed by atoms with Crippen LogP contribution in [0, 0.1) is 0 Å². The van der Waals surface area contributed by atoms with Gasteiger partial charge >= 0.3 is 19.8 Å². The van der Waals surface area contributed by atoms with Crippen molar-refractivity contribution < 1.29 is 37.6 Å². The highest BCUT2D eigenvalue weighted by molar-refractivity contribution is 7.47. The third-order valence-electron chi connectivity index (χ3n) is 12.0. The molecule has 0 heterocycles. The van der Waals surface area contributed by atoms with E-state index in [2.05, 4.69) is 148 Å². The summed E-state index contributed by atoms with van der Waals surface area (Å²) < 4.78 is 33.0. The maximum atomic E-state index is 12.7.